The number of aryl methyl sites for hydroxylation is 1. The first-order valence-electron chi connectivity index (χ1n) is 10.4. The lowest BCUT2D eigenvalue weighted by atomic mass is 9.94. The maximum absolute atomic E-state index is 13.0. The Balaban J connectivity index is 1.53. The molecule has 0 aromatic carbocycles. The van der Waals surface area contributed by atoms with Crippen LogP contribution >= 0.6 is 0 Å². The third kappa shape index (κ3) is 5.33. The summed E-state index contributed by atoms with van der Waals surface area (Å²) in [5.41, 5.74) is 0.588. The van der Waals surface area contributed by atoms with E-state index >= 15 is 0 Å². The summed E-state index contributed by atoms with van der Waals surface area (Å²) in [6, 6.07) is 0. The molecule has 0 unspecified atom stereocenters. The predicted octanol–water partition coefficient (Wildman–Crippen LogP) is 1.18. The van der Waals surface area contributed by atoms with Gasteiger partial charge in [-0.1, -0.05) is 12.8 Å². The minimum Gasteiger partial charge on any atom is -0.356 e. The van der Waals surface area contributed by atoms with E-state index in [1.807, 2.05) is 4.90 Å². The summed E-state index contributed by atoms with van der Waals surface area (Å²) in [7, 11) is 1.79. The average molecular weight is 390 g/mol. The van der Waals surface area contributed by atoms with E-state index in [0.29, 0.717) is 44.5 Å². The van der Waals surface area contributed by atoms with Crippen LogP contribution in [0.15, 0.2) is 12.4 Å². The van der Waals surface area contributed by atoms with Crippen LogP contribution in [0.4, 0.5) is 0 Å². The van der Waals surface area contributed by atoms with Crippen molar-refractivity contribution in [3.05, 3.63) is 18.0 Å². The van der Waals surface area contributed by atoms with Crippen molar-refractivity contribution in [1.82, 2.24) is 24.9 Å². The molecule has 2 fully saturated rings. The van der Waals surface area contributed by atoms with Crippen molar-refractivity contribution < 1.29 is 14.4 Å². The van der Waals surface area contributed by atoms with Crippen LogP contribution in [0.5, 0.6) is 0 Å². The smallest absolute Gasteiger partial charge is 0.257 e. The molecule has 0 bridgehead atoms. The molecule has 1 aromatic heterocycles. The van der Waals surface area contributed by atoms with Gasteiger partial charge in [0.15, 0.2) is 0 Å². The van der Waals surface area contributed by atoms with Crippen LogP contribution in [0, 0.1) is 5.92 Å². The lowest BCUT2D eigenvalue weighted by molar-refractivity contribution is -0.137. The number of carbonyl (C=O) groups is 3. The summed E-state index contributed by atoms with van der Waals surface area (Å²) in [4.78, 5) is 41.2. The molecule has 154 valence electrons. The van der Waals surface area contributed by atoms with Crippen molar-refractivity contribution in [3.63, 3.8) is 0 Å². The minimum absolute atomic E-state index is 0.0223. The molecular weight excluding hydrogens is 358 g/mol. The lowest BCUT2D eigenvalue weighted by Crippen LogP contribution is -2.45. The zero-order valence-corrected chi connectivity index (χ0v) is 16.7. The Morgan fingerprint density at radius 3 is 2.50 bits per heavy atom. The summed E-state index contributed by atoms with van der Waals surface area (Å²) in [5, 5.41) is 6.98. The summed E-state index contributed by atoms with van der Waals surface area (Å²) in [6.45, 7) is 3.10. The van der Waals surface area contributed by atoms with Gasteiger partial charge >= 0.3 is 0 Å². The Labute approximate surface area is 166 Å². The first-order valence-corrected chi connectivity index (χ1v) is 10.4. The van der Waals surface area contributed by atoms with Gasteiger partial charge in [-0.3, -0.25) is 19.1 Å². The highest BCUT2D eigenvalue weighted by atomic mass is 16.2. The molecule has 2 saturated heterocycles. The van der Waals surface area contributed by atoms with Gasteiger partial charge in [0, 0.05) is 58.3 Å². The summed E-state index contributed by atoms with van der Waals surface area (Å²) >= 11 is 0. The number of nitrogens with one attached hydrogen (secondary N) is 1. The molecule has 1 N–H and O–H groups in total. The van der Waals surface area contributed by atoms with E-state index in [4.69, 9.17) is 0 Å². The maximum atomic E-state index is 13.0. The second-order valence-corrected chi connectivity index (χ2v) is 7.81. The third-order valence-corrected chi connectivity index (χ3v) is 5.68. The van der Waals surface area contributed by atoms with Crippen molar-refractivity contribution in [1.29, 1.82) is 0 Å². The van der Waals surface area contributed by atoms with Crippen LogP contribution in [0.25, 0.3) is 0 Å². The first kappa shape index (κ1) is 20.4. The monoisotopic (exact) mass is 389 g/mol. The Hall–Kier alpha value is -2.38. The number of rotatable bonds is 2. The minimum atomic E-state index is -0.0638. The SMILES string of the molecule is Cn1cc(C(=O)N2CCC(C(=O)N3CCCCCCNC(=O)CC3)CC2)cn1. The normalized spacial score (nSPS) is 20.4. The molecule has 0 aliphatic carbocycles. The van der Waals surface area contributed by atoms with Crippen molar-refractivity contribution in [2.45, 2.75) is 44.9 Å². The van der Waals surface area contributed by atoms with E-state index in [1.165, 1.54) is 0 Å². The molecule has 2 aliphatic rings. The van der Waals surface area contributed by atoms with Crippen molar-refractivity contribution in [2.75, 3.05) is 32.7 Å². The Morgan fingerprint density at radius 2 is 1.79 bits per heavy atom. The van der Waals surface area contributed by atoms with Gasteiger partial charge in [-0.05, 0) is 25.7 Å². The fourth-order valence-corrected chi connectivity index (χ4v) is 3.97. The van der Waals surface area contributed by atoms with E-state index in [9.17, 15) is 14.4 Å². The number of piperidine rings is 1. The van der Waals surface area contributed by atoms with Crippen LogP contribution < -0.4 is 5.32 Å². The lowest BCUT2D eigenvalue weighted by Gasteiger charge is -2.34. The Morgan fingerprint density at radius 1 is 1.04 bits per heavy atom. The molecule has 3 rings (SSSR count). The van der Waals surface area contributed by atoms with Crippen molar-refractivity contribution >= 4 is 17.7 Å². The topological polar surface area (TPSA) is 87.5 Å². The molecule has 8 heteroatoms. The number of hydrogen-bond acceptors (Lipinski definition) is 4. The number of hydrogen-bond donors (Lipinski definition) is 1. The van der Waals surface area contributed by atoms with Gasteiger partial charge in [-0.15, -0.1) is 0 Å². The van der Waals surface area contributed by atoms with Gasteiger partial charge in [0.1, 0.15) is 0 Å². The van der Waals surface area contributed by atoms with Crippen LogP contribution in [0.1, 0.15) is 55.3 Å². The second-order valence-electron chi connectivity index (χ2n) is 7.81. The third-order valence-electron chi connectivity index (χ3n) is 5.68. The van der Waals surface area contributed by atoms with Gasteiger partial charge in [-0.25, -0.2) is 0 Å². The maximum Gasteiger partial charge on any atom is 0.257 e. The van der Waals surface area contributed by atoms with Crippen LogP contribution in [0.2, 0.25) is 0 Å². The number of carbonyl (C=O) groups excluding carboxylic acids is 3. The number of aromatic nitrogens is 2. The predicted molar refractivity (Wildman–Crippen MR) is 105 cm³/mol. The second kappa shape index (κ2) is 9.71. The largest absolute Gasteiger partial charge is 0.356 e. The molecule has 3 heterocycles. The molecule has 0 radical (unpaired) electrons. The van der Waals surface area contributed by atoms with E-state index in [-0.39, 0.29) is 23.6 Å². The Bertz CT molecular complexity index is 694. The zero-order chi connectivity index (χ0) is 19.9. The standard InChI is InChI=1S/C20H31N5O3/c1-23-15-17(14-22-23)20(28)25-11-6-16(7-12-25)19(27)24-10-5-3-2-4-9-21-18(26)8-13-24/h14-16H,2-13H2,1H3,(H,21,26). The Kier molecular flexibility index (Phi) is 7.06. The van der Waals surface area contributed by atoms with E-state index in [0.717, 1.165) is 38.8 Å². The highest BCUT2D eigenvalue weighted by Gasteiger charge is 2.31. The number of amides is 3. The molecule has 28 heavy (non-hydrogen) atoms. The molecule has 8 nitrogen and oxygen atoms in total. The van der Waals surface area contributed by atoms with Crippen molar-refractivity contribution in [3.8, 4) is 0 Å². The van der Waals surface area contributed by atoms with Crippen molar-refractivity contribution in [2.24, 2.45) is 13.0 Å². The molecule has 0 spiro atoms. The summed E-state index contributed by atoms with van der Waals surface area (Å²) < 4.78 is 1.62. The van der Waals surface area contributed by atoms with E-state index in [2.05, 4.69) is 10.4 Å². The number of nitrogens with zero attached hydrogens (tertiary/aromatic N) is 4. The van der Waals surface area contributed by atoms with Gasteiger partial charge in [0.2, 0.25) is 11.8 Å². The van der Waals surface area contributed by atoms with Gasteiger partial charge in [0.25, 0.3) is 5.91 Å². The van der Waals surface area contributed by atoms with Crippen LogP contribution in [0.3, 0.4) is 0 Å². The molecule has 3 amide bonds. The molecule has 0 saturated carbocycles. The fourth-order valence-electron chi connectivity index (χ4n) is 3.97. The molecule has 0 atom stereocenters. The van der Waals surface area contributed by atoms with Crippen LogP contribution in [-0.4, -0.2) is 70.0 Å². The first-order chi connectivity index (χ1) is 13.5. The summed E-state index contributed by atoms with van der Waals surface area (Å²) in [6.07, 6.45) is 9.17. The van der Waals surface area contributed by atoms with Gasteiger partial charge in [-0.2, -0.15) is 5.10 Å². The number of likely N-dealkylation sites (tertiary alicyclic amines) is 1. The van der Waals surface area contributed by atoms with Crippen LogP contribution in [-0.2, 0) is 16.6 Å². The summed E-state index contributed by atoms with van der Waals surface area (Å²) in [5.74, 6) is 0.0779. The molecule has 2 aliphatic heterocycles. The van der Waals surface area contributed by atoms with E-state index < -0.39 is 0 Å². The van der Waals surface area contributed by atoms with Gasteiger partial charge < -0.3 is 15.1 Å². The quantitative estimate of drug-likeness (QED) is 0.823. The molecule has 1 aromatic rings. The zero-order valence-electron chi connectivity index (χ0n) is 16.7. The van der Waals surface area contributed by atoms with E-state index in [1.54, 1.807) is 29.0 Å². The highest BCUT2D eigenvalue weighted by Crippen LogP contribution is 2.22. The molecular formula is C20H31N5O3. The fraction of sp³-hybridized carbons (Fsp3) is 0.700. The van der Waals surface area contributed by atoms with Gasteiger partial charge in [0.05, 0.1) is 11.8 Å². The highest BCUT2D eigenvalue weighted by molar-refractivity contribution is 5.94. The average Bonchev–Trinajstić information content (AvgIpc) is 3.12.